The fraction of sp³-hybridized carbons (Fsp3) is 0.278. The van der Waals surface area contributed by atoms with Crippen molar-refractivity contribution in [3.8, 4) is 11.5 Å². The van der Waals surface area contributed by atoms with Gasteiger partial charge in [-0.25, -0.2) is 4.79 Å². The van der Waals surface area contributed by atoms with E-state index < -0.39 is 11.9 Å². The van der Waals surface area contributed by atoms with Crippen LogP contribution in [0.4, 0.5) is 5.69 Å². The Morgan fingerprint density at radius 2 is 1.88 bits per heavy atom. The van der Waals surface area contributed by atoms with Crippen LogP contribution in [0.25, 0.3) is 0 Å². The first-order valence-corrected chi connectivity index (χ1v) is 7.65. The Morgan fingerprint density at radius 3 is 2.44 bits per heavy atom. The molecule has 0 spiro atoms. The minimum Gasteiger partial charge on any atom is -0.497 e. The highest BCUT2D eigenvalue weighted by molar-refractivity contribution is 6.04. The van der Waals surface area contributed by atoms with Gasteiger partial charge in [0.1, 0.15) is 17.2 Å². The third-order valence-corrected chi connectivity index (χ3v) is 3.21. The Balaban J connectivity index is 2.22. The van der Waals surface area contributed by atoms with Gasteiger partial charge in [0.15, 0.2) is 0 Å². The molecule has 0 aliphatic heterocycles. The average molecular weight is 344 g/mol. The van der Waals surface area contributed by atoms with Crippen molar-refractivity contribution >= 4 is 17.6 Å². The maximum Gasteiger partial charge on any atom is 0.339 e. The number of carbonyl (C=O) groups excluding carboxylic acids is 2. The molecule has 0 aliphatic rings. The minimum absolute atomic E-state index is 0.0542. The number of esters is 1. The molecule has 1 aromatic heterocycles. The average Bonchev–Trinajstić information content (AvgIpc) is 2.62. The number of rotatable bonds is 6. The van der Waals surface area contributed by atoms with Crippen LogP contribution >= 0.6 is 0 Å². The van der Waals surface area contributed by atoms with Gasteiger partial charge in [0.2, 0.25) is 0 Å². The molecule has 0 saturated carbocycles. The van der Waals surface area contributed by atoms with E-state index in [0.717, 1.165) is 0 Å². The Kier molecular flexibility index (Phi) is 5.94. The zero-order chi connectivity index (χ0) is 18.4. The number of aromatic nitrogens is 1. The molecular formula is C18H20N2O5. The number of pyridine rings is 1. The number of methoxy groups -OCH3 is 2. The number of hydrogen-bond acceptors (Lipinski definition) is 6. The van der Waals surface area contributed by atoms with Crippen molar-refractivity contribution in [2.24, 2.45) is 0 Å². The van der Waals surface area contributed by atoms with Crippen LogP contribution in [-0.4, -0.2) is 37.2 Å². The van der Waals surface area contributed by atoms with Gasteiger partial charge in [0, 0.05) is 12.3 Å². The molecule has 0 fully saturated rings. The molecule has 1 heterocycles. The molecule has 0 atom stereocenters. The van der Waals surface area contributed by atoms with E-state index in [1.807, 2.05) is 13.8 Å². The van der Waals surface area contributed by atoms with Crippen molar-refractivity contribution < 1.29 is 23.8 Å². The second kappa shape index (κ2) is 8.14. The lowest BCUT2D eigenvalue weighted by Crippen LogP contribution is -2.16. The highest BCUT2D eigenvalue weighted by Gasteiger charge is 2.14. The molecule has 1 N–H and O–H groups in total. The quantitative estimate of drug-likeness (QED) is 0.811. The van der Waals surface area contributed by atoms with Gasteiger partial charge in [-0.05, 0) is 38.1 Å². The van der Waals surface area contributed by atoms with E-state index in [2.05, 4.69) is 15.0 Å². The first-order valence-electron chi connectivity index (χ1n) is 7.65. The normalized spacial score (nSPS) is 10.3. The molecule has 2 rings (SSSR count). The molecule has 1 aromatic carbocycles. The van der Waals surface area contributed by atoms with Gasteiger partial charge in [-0.2, -0.15) is 0 Å². The first-order chi connectivity index (χ1) is 11.9. The van der Waals surface area contributed by atoms with Gasteiger partial charge in [-0.15, -0.1) is 0 Å². The molecule has 0 bridgehead atoms. The fourth-order valence-electron chi connectivity index (χ4n) is 2.04. The number of anilines is 1. The van der Waals surface area contributed by atoms with E-state index in [-0.39, 0.29) is 17.4 Å². The van der Waals surface area contributed by atoms with Crippen molar-refractivity contribution in [3.63, 3.8) is 0 Å². The van der Waals surface area contributed by atoms with E-state index in [1.54, 1.807) is 18.2 Å². The van der Waals surface area contributed by atoms with Gasteiger partial charge in [0.25, 0.3) is 5.91 Å². The molecule has 132 valence electrons. The third kappa shape index (κ3) is 4.69. The maximum absolute atomic E-state index is 12.4. The summed E-state index contributed by atoms with van der Waals surface area (Å²) in [5.41, 5.74) is 0.895. The number of hydrogen-bond donors (Lipinski definition) is 1. The zero-order valence-electron chi connectivity index (χ0n) is 14.5. The molecule has 7 nitrogen and oxygen atoms in total. The Hall–Kier alpha value is -3.09. The lowest BCUT2D eigenvalue weighted by Gasteiger charge is -2.16. The van der Waals surface area contributed by atoms with Crippen LogP contribution in [0.15, 0.2) is 36.5 Å². The predicted octanol–water partition coefficient (Wildman–Crippen LogP) is 2.92. The molecule has 25 heavy (non-hydrogen) atoms. The Labute approximate surface area is 145 Å². The monoisotopic (exact) mass is 344 g/mol. The molecule has 0 saturated heterocycles. The van der Waals surface area contributed by atoms with Crippen LogP contribution in [0.1, 0.15) is 34.7 Å². The number of carbonyl (C=O) groups is 2. The summed E-state index contributed by atoms with van der Waals surface area (Å²) < 4.78 is 15.5. The summed E-state index contributed by atoms with van der Waals surface area (Å²) in [5.74, 6) is 0.161. The Bertz CT molecular complexity index is 757. The van der Waals surface area contributed by atoms with E-state index >= 15 is 0 Å². The minimum atomic E-state index is -0.514. The van der Waals surface area contributed by atoms with Gasteiger partial charge >= 0.3 is 5.97 Å². The van der Waals surface area contributed by atoms with Crippen molar-refractivity contribution in [3.05, 3.63) is 47.8 Å². The van der Waals surface area contributed by atoms with Crippen molar-refractivity contribution in [1.29, 1.82) is 0 Å². The second-order valence-corrected chi connectivity index (χ2v) is 5.41. The van der Waals surface area contributed by atoms with Gasteiger partial charge in [-0.1, -0.05) is 0 Å². The zero-order valence-corrected chi connectivity index (χ0v) is 14.5. The van der Waals surface area contributed by atoms with Crippen molar-refractivity contribution in [2.45, 2.75) is 20.0 Å². The molecule has 7 heteroatoms. The molecular weight excluding hydrogens is 324 g/mol. The van der Waals surface area contributed by atoms with Crippen LogP contribution < -0.4 is 14.8 Å². The number of benzene rings is 1. The molecule has 1 amide bonds. The van der Waals surface area contributed by atoms with Crippen LogP contribution in [0, 0.1) is 0 Å². The van der Waals surface area contributed by atoms with Crippen molar-refractivity contribution in [2.75, 3.05) is 19.5 Å². The summed E-state index contributed by atoms with van der Waals surface area (Å²) in [7, 11) is 2.82. The topological polar surface area (TPSA) is 86.8 Å². The SMILES string of the molecule is COC(=O)c1ccc(C(=O)Nc2cc(OC)ccc2OC(C)C)nc1. The lowest BCUT2D eigenvalue weighted by atomic mass is 10.2. The van der Waals surface area contributed by atoms with Crippen LogP contribution in [0.2, 0.25) is 0 Å². The molecule has 0 unspecified atom stereocenters. The fourth-order valence-corrected chi connectivity index (χ4v) is 2.04. The third-order valence-electron chi connectivity index (χ3n) is 3.21. The van der Waals surface area contributed by atoms with E-state index in [1.165, 1.54) is 32.5 Å². The van der Waals surface area contributed by atoms with Crippen LogP contribution in [-0.2, 0) is 4.74 Å². The summed E-state index contributed by atoms with van der Waals surface area (Å²) in [6.07, 6.45) is 1.24. The highest BCUT2D eigenvalue weighted by atomic mass is 16.5. The number of ether oxygens (including phenoxy) is 3. The number of amides is 1. The van der Waals surface area contributed by atoms with E-state index in [4.69, 9.17) is 9.47 Å². The number of nitrogens with zero attached hydrogens (tertiary/aromatic N) is 1. The standard InChI is InChI=1S/C18H20N2O5/c1-11(2)25-16-8-6-13(23-3)9-15(16)20-17(21)14-7-5-12(10-19-14)18(22)24-4/h5-11H,1-4H3,(H,20,21). The lowest BCUT2D eigenvalue weighted by molar-refractivity contribution is 0.0600. The smallest absolute Gasteiger partial charge is 0.339 e. The highest BCUT2D eigenvalue weighted by Crippen LogP contribution is 2.30. The summed E-state index contributed by atoms with van der Waals surface area (Å²) in [5, 5.41) is 2.75. The summed E-state index contributed by atoms with van der Waals surface area (Å²) in [6, 6.07) is 8.06. The van der Waals surface area contributed by atoms with E-state index in [0.29, 0.717) is 17.2 Å². The van der Waals surface area contributed by atoms with Gasteiger partial charge in [-0.3, -0.25) is 9.78 Å². The predicted molar refractivity (Wildman–Crippen MR) is 92.3 cm³/mol. The summed E-state index contributed by atoms with van der Waals surface area (Å²) >= 11 is 0. The first kappa shape index (κ1) is 18.3. The molecule has 0 aliphatic carbocycles. The summed E-state index contributed by atoms with van der Waals surface area (Å²) in [4.78, 5) is 27.8. The number of nitrogens with one attached hydrogen (secondary N) is 1. The summed E-state index contributed by atoms with van der Waals surface area (Å²) in [6.45, 7) is 3.78. The van der Waals surface area contributed by atoms with Crippen LogP contribution in [0.3, 0.4) is 0 Å². The molecule has 2 aromatic rings. The van der Waals surface area contributed by atoms with Crippen molar-refractivity contribution in [1.82, 2.24) is 4.98 Å². The van der Waals surface area contributed by atoms with E-state index in [9.17, 15) is 9.59 Å². The van der Waals surface area contributed by atoms with Gasteiger partial charge in [0.05, 0.1) is 31.6 Å². The molecule has 0 radical (unpaired) electrons. The van der Waals surface area contributed by atoms with Crippen LogP contribution in [0.5, 0.6) is 11.5 Å². The maximum atomic E-state index is 12.4. The second-order valence-electron chi connectivity index (χ2n) is 5.41. The Morgan fingerprint density at radius 1 is 1.12 bits per heavy atom. The van der Waals surface area contributed by atoms with Gasteiger partial charge < -0.3 is 19.5 Å². The largest absolute Gasteiger partial charge is 0.497 e.